The van der Waals surface area contributed by atoms with Gasteiger partial charge in [0.05, 0.1) is 0 Å². The molecule has 1 saturated heterocycles. The first kappa shape index (κ1) is 28.8. The number of aromatic amines is 1. The van der Waals surface area contributed by atoms with E-state index in [-0.39, 0.29) is 17.9 Å². The molecule has 0 bridgehead atoms. The largest absolute Gasteiger partial charge is 0.383 e. The molecule has 216 valence electrons. The van der Waals surface area contributed by atoms with E-state index in [1.54, 1.807) is 11.1 Å². The number of hydrogen-bond donors (Lipinski definition) is 4. The van der Waals surface area contributed by atoms with Crippen molar-refractivity contribution < 1.29 is 14.7 Å². The third kappa shape index (κ3) is 6.61. The van der Waals surface area contributed by atoms with Crippen molar-refractivity contribution in [3.63, 3.8) is 0 Å². The zero-order valence-electron chi connectivity index (χ0n) is 23.8. The third-order valence-electron chi connectivity index (χ3n) is 7.92. The van der Waals surface area contributed by atoms with Gasteiger partial charge in [-0.05, 0) is 49.8 Å². The zero-order chi connectivity index (χ0) is 29.0. The summed E-state index contributed by atoms with van der Waals surface area (Å²) < 4.78 is 0. The Morgan fingerprint density at radius 2 is 1.95 bits per heavy atom. The fraction of sp³-hybridized carbons (Fsp3) is 0.387. The van der Waals surface area contributed by atoms with Gasteiger partial charge in [0.15, 0.2) is 0 Å². The fourth-order valence-electron chi connectivity index (χ4n) is 5.42. The number of aliphatic hydroxyl groups is 1. The first-order chi connectivity index (χ1) is 19.7. The van der Waals surface area contributed by atoms with Gasteiger partial charge in [0, 0.05) is 72.8 Å². The zero-order valence-corrected chi connectivity index (χ0v) is 24.6. The highest BCUT2D eigenvalue weighted by Crippen LogP contribution is 2.34. The highest BCUT2D eigenvalue weighted by atomic mass is 32.1. The lowest BCUT2D eigenvalue weighted by molar-refractivity contribution is -0.118. The number of hydrogen-bond acceptors (Lipinski definition) is 6. The quantitative estimate of drug-likeness (QED) is 0.235. The Bertz CT molecular complexity index is 1480. The predicted octanol–water partition coefficient (Wildman–Crippen LogP) is 4.53. The van der Waals surface area contributed by atoms with Crippen LogP contribution in [0.15, 0.2) is 66.3 Å². The highest BCUT2D eigenvalue weighted by molar-refractivity contribution is 7.09. The van der Waals surface area contributed by atoms with E-state index in [4.69, 9.17) is 0 Å². The maximum Gasteiger partial charge on any atom is 0.318 e. The Morgan fingerprint density at radius 1 is 1.17 bits per heavy atom. The number of aromatic nitrogens is 2. The molecule has 41 heavy (non-hydrogen) atoms. The summed E-state index contributed by atoms with van der Waals surface area (Å²) in [6.07, 6.45) is 5.25. The minimum atomic E-state index is -1.03. The molecule has 4 aromatic rings. The predicted molar refractivity (Wildman–Crippen MR) is 163 cm³/mol. The third-order valence-corrected chi connectivity index (χ3v) is 8.89. The van der Waals surface area contributed by atoms with Crippen LogP contribution in [0.25, 0.3) is 10.9 Å². The van der Waals surface area contributed by atoms with Crippen molar-refractivity contribution in [2.24, 2.45) is 0 Å². The molecule has 1 aliphatic rings. The summed E-state index contributed by atoms with van der Waals surface area (Å²) in [4.78, 5) is 38.7. The Balaban J connectivity index is 1.34. The average Bonchev–Trinajstić information content (AvgIpc) is 3.66. The van der Waals surface area contributed by atoms with E-state index < -0.39 is 11.6 Å². The van der Waals surface area contributed by atoms with Gasteiger partial charge in [-0.3, -0.25) is 4.79 Å². The van der Waals surface area contributed by atoms with E-state index >= 15 is 0 Å². The number of thiazole rings is 1. The number of rotatable bonds is 9. The maximum atomic E-state index is 13.8. The lowest BCUT2D eigenvalue weighted by atomic mass is 9.91. The number of fused-ring (bicyclic) bond motifs is 1. The van der Waals surface area contributed by atoms with Gasteiger partial charge < -0.3 is 30.5 Å². The smallest absolute Gasteiger partial charge is 0.318 e. The molecule has 1 fully saturated rings. The number of piperidine rings is 1. The molecule has 9 nitrogen and oxygen atoms in total. The van der Waals surface area contributed by atoms with Crippen LogP contribution in [0.2, 0.25) is 0 Å². The Hall–Kier alpha value is -3.73. The molecule has 0 spiro atoms. The average molecular weight is 575 g/mol. The topological polar surface area (TPSA) is 114 Å². The van der Waals surface area contributed by atoms with Crippen LogP contribution in [-0.2, 0) is 16.8 Å². The molecule has 2 atom stereocenters. The summed E-state index contributed by atoms with van der Waals surface area (Å²) in [7, 11) is 4.07. The number of urea groups is 1. The van der Waals surface area contributed by atoms with Crippen molar-refractivity contribution in [2.45, 2.75) is 43.7 Å². The van der Waals surface area contributed by atoms with E-state index in [2.05, 4.69) is 31.6 Å². The van der Waals surface area contributed by atoms with Crippen LogP contribution in [0.1, 0.15) is 41.8 Å². The second kappa shape index (κ2) is 12.4. The number of carbonyl (C=O) groups excluding carboxylic acids is 2. The van der Waals surface area contributed by atoms with Crippen molar-refractivity contribution in [3.05, 3.63) is 82.4 Å². The number of H-pyrrole nitrogens is 1. The molecule has 0 radical (unpaired) electrons. The highest BCUT2D eigenvalue weighted by Gasteiger charge is 2.39. The summed E-state index contributed by atoms with van der Waals surface area (Å²) in [6, 6.07) is 14.7. The number of likely N-dealkylation sites (tertiary alicyclic amines) is 1. The fourth-order valence-corrected chi connectivity index (χ4v) is 6.21. The summed E-state index contributed by atoms with van der Waals surface area (Å²) in [6.45, 7) is 3.60. The molecule has 3 amide bonds. The van der Waals surface area contributed by atoms with Gasteiger partial charge in [-0.2, -0.15) is 0 Å². The molecule has 5 rings (SSSR count). The molecular weight excluding hydrogens is 536 g/mol. The number of para-hydroxylation sites is 1. The number of carbonyl (C=O) groups is 2. The summed E-state index contributed by atoms with van der Waals surface area (Å²) >= 11 is 1.42. The van der Waals surface area contributed by atoms with Crippen molar-refractivity contribution in [3.8, 4) is 0 Å². The first-order valence-electron chi connectivity index (χ1n) is 14.0. The van der Waals surface area contributed by atoms with Gasteiger partial charge in [-0.1, -0.05) is 37.3 Å². The number of nitrogens with zero attached hydrogens (tertiary/aromatic N) is 3. The molecule has 2 aromatic carbocycles. The molecule has 2 aromatic heterocycles. The van der Waals surface area contributed by atoms with Gasteiger partial charge in [-0.15, -0.1) is 11.3 Å². The van der Waals surface area contributed by atoms with Crippen LogP contribution in [0.5, 0.6) is 0 Å². The number of benzene rings is 2. The maximum absolute atomic E-state index is 13.8. The Labute approximate surface area is 244 Å². The normalized spacial score (nSPS) is 16.5. The van der Waals surface area contributed by atoms with Crippen LogP contribution in [-0.4, -0.2) is 76.6 Å². The van der Waals surface area contributed by atoms with Gasteiger partial charge >= 0.3 is 6.03 Å². The van der Waals surface area contributed by atoms with Crippen LogP contribution >= 0.6 is 11.3 Å². The molecule has 0 aliphatic carbocycles. The summed E-state index contributed by atoms with van der Waals surface area (Å²) in [5, 5.41) is 20.7. The van der Waals surface area contributed by atoms with Gasteiger partial charge in [0.25, 0.3) is 0 Å². The van der Waals surface area contributed by atoms with E-state index in [0.29, 0.717) is 36.6 Å². The standard InChI is InChI=1S/C31H38N6O3S/c1-21(25-20-33-26-10-5-4-9-24(25)26)27(28(38)34-23-8-6-7-22(19-23)11-15-36(2)3)35-30(39)37-16-12-31(40,13-17-37)29-32-14-18-41-29/h4-10,14,18-21,27,33,40H,11-13,15-17H2,1-3H3,(H,34,38)(H,35,39)/t21-,27+/m0/s1. The van der Waals surface area contributed by atoms with Crippen molar-refractivity contribution in [1.82, 2.24) is 25.1 Å². The summed E-state index contributed by atoms with van der Waals surface area (Å²) in [5.74, 6) is -0.596. The number of likely N-dealkylation sites (N-methyl/N-ethyl adjacent to an activating group) is 1. The van der Waals surface area contributed by atoms with Crippen molar-refractivity contribution >= 4 is 39.9 Å². The van der Waals surface area contributed by atoms with Crippen LogP contribution in [0, 0.1) is 0 Å². The Morgan fingerprint density at radius 3 is 2.68 bits per heavy atom. The van der Waals surface area contributed by atoms with Crippen LogP contribution in [0.3, 0.4) is 0 Å². The Kier molecular flexibility index (Phi) is 8.72. The number of anilines is 1. The molecule has 1 aliphatic heterocycles. The molecular formula is C31H38N6O3S. The second-order valence-electron chi connectivity index (χ2n) is 11.1. The molecule has 0 saturated carbocycles. The lowest BCUT2D eigenvalue weighted by Crippen LogP contribution is -2.54. The van der Waals surface area contributed by atoms with Gasteiger partial charge in [0.1, 0.15) is 16.7 Å². The minimum Gasteiger partial charge on any atom is -0.383 e. The van der Waals surface area contributed by atoms with Crippen LogP contribution in [0.4, 0.5) is 10.5 Å². The van der Waals surface area contributed by atoms with Crippen molar-refractivity contribution in [2.75, 3.05) is 39.0 Å². The number of amides is 3. The summed E-state index contributed by atoms with van der Waals surface area (Å²) in [5.41, 5.74) is 2.73. The number of nitrogens with one attached hydrogen (secondary N) is 3. The minimum absolute atomic E-state index is 0.280. The monoisotopic (exact) mass is 574 g/mol. The molecule has 4 N–H and O–H groups in total. The SMILES string of the molecule is C[C@@H](c1c[nH]c2ccccc12)[C@@H](NC(=O)N1CCC(O)(c2nccs2)CC1)C(=O)Nc1cccc(CCN(C)C)c1. The van der Waals surface area contributed by atoms with E-state index in [1.807, 2.05) is 75.1 Å². The molecule has 10 heteroatoms. The van der Waals surface area contributed by atoms with Gasteiger partial charge in [0.2, 0.25) is 5.91 Å². The van der Waals surface area contributed by atoms with E-state index in [9.17, 15) is 14.7 Å². The first-order valence-corrected chi connectivity index (χ1v) is 14.9. The molecule has 0 unspecified atom stereocenters. The van der Waals surface area contributed by atoms with Crippen LogP contribution < -0.4 is 10.6 Å². The van der Waals surface area contributed by atoms with Gasteiger partial charge in [-0.25, -0.2) is 9.78 Å². The van der Waals surface area contributed by atoms with E-state index in [1.165, 1.54) is 11.3 Å². The second-order valence-corrected chi connectivity index (χ2v) is 12.0. The lowest BCUT2D eigenvalue weighted by Gasteiger charge is -2.37. The molecule has 3 heterocycles. The van der Waals surface area contributed by atoms with Crippen molar-refractivity contribution in [1.29, 1.82) is 0 Å². The van der Waals surface area contributed by atoms with E-state index in [0.717, 1.165) is 35.0 Å².